The molecule has 2 amide bonds. The Labute approximate surface area is 152 Å². The van der Waals surface area contributed by atoms with Gasteiger partial charge in [-0.25, -0.2) is 0 Å². The molecule has 132 valence electrons. The summed E-state index contributed by atoms with van der Waals surface area (Å²) in [4.78, 5) is 29.2. The van der Waals surface area contributed by atoms with Crippen LogP contribution in [0.2, 0.25) is 0 Å². The van der Waals surface area contributed by atoms with Crippen molar-refractivity contribution in [1.29, 1.82) is 0 Å². The summed E-state index contributed by atoms with van der Waals surface area (Å²) in [5.74, 6) is -0.364. The quantitative estimate of drug-likeness (QED) is 0.796. The van der Waals surface area contributed by atoms with E-state index in [1.807, 2.05) is 0 Å². The van der Waals surface area contributed by atoms with Gasteiger partial charge in [0.15, 0.2) is 0 Å². The van der Waals surface area contributed by atoms with Crippen LogP contribution in [-0.4, -0.2) is 49.6 Å². The van der Waals surface area contributed by atoms with Crippen LogP contribution in [0.25, 0.3) is 0 Å². The van der Waals surface area contributed by atoms with Crippen LogP contribution in [0.4, 0.5) is 5.69 Å². The summed E-state index contributed by atoms with van der Waals surface area (Å²) in [5, 5.41) is 0. The molecule has 26 heavy (non-hydrogen) atoms. The number of amides is 2. The zero-order chi connectivity index (χ0) is 17.7. The lowest BCUT2D eigenvalue weighted by atomic mass is 9.84. The monoisotopic (exact) mass is 348 g/mol. The number of imide groups is 1. The largest absolute Gasteiger partial charge is 0.380 e. The number of hydrogen-bond donors (Lipinski definition) is 0. The molecular formula is C21H20N2O3. The molecule has 5 rings (SSSR count). The molecule has 3 aliphatic heterocycles. The number of nitrogens with zero attached hydrogens (tertiary/aromatic N) is 2. The van der Waals surface area contributed by atoms with E-state index in [1.54, 1.807) is 24.3 Å². The second-order valence-corrected chi connectivity index (χ2v) is 7.54. The van der Waals surface area contributed by atoms with Crippen LogP contribution in [0.5, 0.6) is 0 Å². The highest BCUT2D eigenvalue weighted by Gasteiger charge is 2.47. The maximum atomic E-state index is 12.7. The van der Waals surface area contributed by atoms with Crippen LogP contribution in [0, 0.1) is 5.41 Å². The van der Waals surface area contributed by atoms with Crippen molar-refractivity contribution >= 4 is 17.5 Å². The molecule has 2 aromatic carbocycles. The molecule has 0 radical (unpaired) electrons. The molecule has 5 heteroatoms. The molecule has 1 saturated heterocycles. The zero-order valence-corrected chi connectivity index (χ0v) is 14.5. The molecule has 3 heterocycles. The number of carbonyl (C=O) groups excluding carboxylic acids is 2. The van der Waals surface area contributed by atoms with Crippen molar-refractivity contribution in [3.63, 3.8) is 0 Å². The van der Waals surface area contributed by atoms with E-state index in [2.05, 4.69) is 29.2 Å². The lowest BCUT2D eigenvalue weighted by Gasteiger charge is -2.45. The molecule has 3 aliphatic rings. The van der Waals surface area contributed by atoms with Gasteiger partial charge in [0.1, 0.15) is 0 Å². The summed E-state index contributed by atoms with van der Waals surface area (Å²) in [7, 11) is 0. The average molecular weight is 348 g/mol. The van der Waals surface area contributed by atoms with Gasteiger partial charge >= 0.3 is 0 Å². The van der Waals surface area contributed by atoms with Crippen molar-refractivity contribution < 1.29 is 14.3 Å². The van der Waals surface area contributed by atoms with Crippen molar-refractivity contribution in [2.45, 2.75) is 6.42 Å². The number of carbonyl (C=O) groups is 2. The highest BCUT2D eigenvalue weighted by atomic mass is 16.5. The Morgan fingerprint density at radius 2 is 1.54 bits per heavy atom. The van der Waals surface area contributed by atoms with Crippen molar-refractivity contribution in [2.75, 3.05) is 37.7 Å². The van der Waals surface area contributed by atoms with Crippen LogP contribution in [0.15, 0.2) is 48.5 Å². The molecule has 0 saturated carbocycles. The van der Waals surface area contributed by atoms with Crippen molar-refractivity contribution in [3.05, 3.63) is 65.2 Å². The molecule has 0 bridgehead atoms. The molecule has 0 aliphatic carbocycles. The number of rotatable bonds is 4. The van der Waals surface area contributed by atoms with Gasteiger partial charge in [-0.3, -0.25) is 14.5 Å². The number of fused-ring (bicyclic) bond motifs is 2. The van der Waals surface area contributed by atoms with Gasteiger partial charge in [0.05, 0.1) is 29.8 Å². The van der Waals surface area contributed by atoms with Gasteiger partial charge < -0.3 is 9.64 Å². The van der Waals surface area contributed by atoms with Crippen LogP contribution >= 0.6 is 0 Å². The first kappa shape index (κ1) is 15.6. The fraction of sp³-hybridized carbons (Fsp3) is 0.333. The Bertz CT molecular complexity index is 869. The van der Waals surface area contributed by atoms with E-state index in [0.29, 0.717) is 30.9 Å². The maximum Gasteiger partial charge on any atom is 0.261 e. The minimum Gasteiger partial charge on any atom is -0.380 e. The summed E-state index contributed by atoms with van der Waals surface area (Å²) in [5.41, 5.74) is 3.47. The van der Waals surface area contributed by atoms with E-state index in [0.717, 1.165) is 19.5 Å². The van der Waals surface area contributed by atoms with E-state index in [9.17, 15) is 9.59 Å². The fourth-order valence-corrected chi connectivity index (χ4v) is 4.32. The van der Waals surface area contributed by atoms with E-state index >= 15 is 0 Å². The summed E-state index contributed by atoms with van der Waals surface area (Å²) in [6.45, 7) is 3.36. The molecule has 1 fully saturated rings. The SMILES string of the molecule is O=C1c2ccccc2C(=O)N1CC1(CN2CCc3ccccc32)COC1. The first-order valence-electron chi connectivity index (χ1n) is 9.03. The van der Waals surface area contributed by atoms with Crippen molar-refractivity contribution in [3.8, 4) is 0 Å². The van der Waals surface area contributed by atoms with E-state index in [-0.39, 0.29) is 17.2 Å². The molecule has 0 spiro atoms. The first-order valence-corrected chi connectivity index (χ1v) is 9.03. The van der Waals surface area contributed by atoms with Gasteiger partial charge in [0.2, 0.25) is 0 Å². The molecule has 0 aromatic heterocycles. The van der Waals surface area contributed by atoms with Gasteiger partial charge in [0.25, 0.3) is 11.8 Å². The standard InChI is InChI=1S/C21H20N2O3/c24-19-16-6-2-3-7-17(16)20(25)23(19)12-21(13-26-14-21)11-22-10-9-15-5-1-4-8-18(15)22/h1-8H,9-14H2. The minimum absolute atomic E-state index is 0.182. The first-order chi connectivity index (χ1) is 12.7. The minimum atomic E-state index is -0.190. The second-order valence-electron chi connectivity index (χ2n) is 7.54. The third kappa shape index (κ3) is 2.27. The molecular weight excluding hydrogens is 328 g/mol. The molecule has 2 aromatic rings. The summed E-state index contributed by atoms with van der Waals surface area (Å²) in [6, 6.07) is 15.5. The Morgan fingerprint density at radius 1 is 0.885 bits per heavy atom. The Kier molecular flexibility index (Phi) is 3.40. The van der Waals surface area contributed by atoms with Crippen molar-refractivity contribution in [1.82, 2.24) is 4.90 Å². The van der Waals surface area contributed by atoms with Crippen molar-refractivity contribution in [2.24, 2.45) is 5.41 Å². The highest BCUT2D eigenvalue weighted by Crippen LogP contribution is 2.37. The second kappa shape index (κ2) is 5.68. The summed E-state index contributed by atoms with van der Waals surface area (Å²) < 4.78 is 5.52. The lowest BCUT2D eigenvalue weighted by molar-refractivity contribution is -0.113. The zero-order valence-electron chi connectivity index (χ0n) is 14.5. The van der Waals surface area contributed by atoms with Crippen LogP contribution in [0.3, 0.4) is 0 Å². The molecule has 5 nitrogen and oxygen atoms in total. The number of hydrogen-bond acceptors (Lipinski definition) is 4. The van der Waals surface area contributed by atoms with Gasteiger partial charge in [-0.05, 0) is 30.2 Å². The predicted molar refractivity (Wildman–Crippen MR) is 97.4 cm³/mol. The predicted octanol–water partition coefficient (Wildman–Crippen LogP) is 2.36. The average Bonchev–Trinajstić information content (AvgIpc) is 3.15. The maximum absolute atomic E-state index is 12.7. The highest BCUT2D eigenvalue weighted by molar-refractivity contribution is 6.21. The molecule has 0 unspecified atom stereocenters. The number of benzene rings is 2. The number of para-hydroxylation sites is 1. The van der Waals surface area contributed by atoms with E-state index < -0.39 is 0 Å². The van der Waals surface area contributed by atoms with Crippen LogP contribution < -0.4 is 4.90 Å². The topological polar surface area (TPSA) is 49.9 Å². The van der Waals surface area contributed by atoms with Gasteiger partial charge in [-0.1, -0.05) is 30.3 Å². The van der Waals surface area contributed by atoms with Gasteiger partial charge in [-0.15, -0.1) is 0 Å². The fourth-order valence-electron chi connectivity index (χ4n) is 4.32. The Morgan fingerprint density at radius 3 is 2.19 bits per heavy atom. The summed E-state index contributed by atoms with van der Waals surface area (Å²) in [6.07, 6.45) is 1.04. The third-order valence-corrected chi connectivity index (χ3v) is 5.70. The number of anilines is 1. The normalized spacial score (nSPS) is 20.2. The Hall–Kier alpha value is -2.66. The summed E-state index contributed by atoms with van der Waals surface area (Å²) >= 11 is 0. The van der Waals surface area contributed by atoms with Gasteiger partial charge in [-0.2, -0.15) is 0 Å². The van der Waals surface area contributed by atoms with Crippen LogP contribution in [0.1, 0.15) is 26.3 Å². The van der Waals surface area contributed by atoms with Crippen LogP contribution in [-0.2, 0) is 11.2 Å². The van der Waals surface area contributed by atoms with E-state index in [1.165, 1.54) is 16.2 Å². The smallest absolute Gasteiger partial charge is 0.261 e. The van der Waals surface area contributed by atoms with E-state index in [4.69, 9.17) is 4.74 Å². The lowest BCUT2D eigenvalue weighted by Crippen LogP contribution is -2.57. The molecule has 0 N–H and O–H groups in total. The molecule has 0 atom stereocenters. The Balaban J connectivity index is 1.38. The third-order valence-electron chi connectivity index (χ3n) is 5.70. The number of ether oxygens (including phenoxy) is 1. The van der Waals surface area contributed by atoms with Gasteiger partial charge in [0, 0.05) is 25.3 Å².